The molecule has 0 N–H and O–H groups in total. The summed E-state index contributed by atoms with van der Waals surface area (Å²) in [6, 6.07) is 14.1. The second-order valence-corrected chi connectivity index (χ2v) is 7.85. The summed E-state index contributed by atoms with van der Waals surface area (Å²) in [6.45, 7) is 7.17. The third-order valence-electron chi connectivity index (χ3n) is 4.96. The molecule has 2 heterocycles. The van der Waals surface area contributed by atoms with Gasteiger partial charge in [0.25, 0.3) is 5.91 Å². The second kappa shape index (κ2) is 7.56. The molecule has 0 spiro atoms. The van der Waals surface area contributed by atoms with Crippen molar-refractivity contribution in [3.63, 3.8) is 0 Å². The van der Waals surface area contributed by atoms with Crippen LogP contribution in [0.5, 0.6) is 5.75 Å². The van der Waals surface area contributed by atoms with Crippen LogP contribution in [0, 0.1) is 13.8 Å². The highest BCUT2D eigenvalue weighted by Gasteiger charge is 2.23. The van der Waals surface area contributed by atoms with E-state index in [9.17, 15) is 4.79 Å². The molecule has 0 bridgehead atoms. The number of anilines is 1. The third kappa shape index (κ3) is 3.76. The van der Waals surface area contributed by atoms with Crippen molar-refractivity contribution in [2.75, 3.05) is 37.7 Å². The monoisotopic (exact) mass is 381 g/mol. The molecule has 2 aromatic carbocycles. The minimum Gasteiger partial charge on any atom is -0.484 e. The van der Waals surface area contributed by atoms with Gasteiger partial charge in [0.2, 0.25) is 0 Å². The van der Waals surface area contributed by atoms with Gasteiger partial charge in [-0.25, -0.2) is 4.98 Å². The number of para-hydroxylation sites is 2. The van der Waals surface area contributed by atoms with Crippen molar-refractivity contribution < 1.29 is 9.53 Å². The van der Waals surface area contributed by atoms with Crippen molar-refractivity contribution in [2.24, 2.45) is 0 Å². The lowest BCUT2D eigenvalue weighted by Crippen LogP contribution is -2.50. The number of amides is 1. The number of benzene rings is 2. The molecule has 1 aliphatic rings. The van der Waals surface area contributed by atoms with Crippen molar-refractivity contribution in [1.82, 2.24) is 9.88 Å². The van der Waals surface area contributed by atoms with Gasteiger partial charge in [-0.15, -0.1) is 0 Å². The van der Waals surface area contributed by atoms with Crippen LogP contribution in [-0.4, -0.2) is 48.6 Å². The molecular weight excluding hydrogens is 358 g/mol. The lowest BCUT2D eigenvalue weighted by atomic mass is 10.2. The number of aromatic nitrogens is 1. The number of aryl methyl sites for hydroxylation is 2. The largest absolute Gasteiger partial charge is 0.484 e. The molecule has 0 atom stereocenters. The molecule has 3 aromatic rings. The van der Waals surface area contributed by atoms with Crippen LogP contribution in [0.15, 0.2) is 42.5 Å². The predicted molar refractivity (Wildman–Crippen MR) is 110 cm³/mol. The van der Waals surface area contributed by atoms with E-state index in [1.54, 1.807) is 11.3 Å². The van der Waals surface area contributed by atoms with Crippen LogP contribution in [0.25, 0.3) is 10.2 Å². The lowest BCUT2D eigenvalue weighted by molar-refractivity contribution is -0.133. The number of nitrogens with zero attached hydrogens (tertiary/aromatic N) is 3. The summed E-state index contributed by atoms with van der Waals surface area (Å²) in [5.74, 6) is 0.812. The zero-order valence-electron chi connectivity index (χ0n) is 15.6. The summed E-state index contributed by atoms with van der Waals surface area (Å²) in [5, 5.41) is 1.04. The van der Waals surface area contributed by atoms with Gasteiger partial charge in [-0.3, -0.25) is 4.79 Å². The first-order valence-corrected chi connectivity index (χ1v) is 10.0. The smallest absolute Gasteiger partial charge is 0.260 e. The Balaban J connectivity index is 1.34. The molecule has 1 saturated heterocycles. The standard InChI is InChI=1S/C21H23N3O2S/c1-15-6-3-4-8-17(15)26-14-19(25)23-10-12-24(13-11-23)21-22-20-16(2)7-5-9-18(20)27-21/h3-9H,10-14H2,1-2H3. The summed E-state index contributed by atoms with van der Waals surface area (Å²) in [6.07, 6.45) is 0. The molecule has 0 radical (unpaired) electrons. The molecule has 0 aliphatic carbocycles. The Morgan fingerprint density at radius 1 is 1.04 bits per heavy atom. The molecule has 1 fully saturated rings. The minimum atomic E-state index is 0.0399. The Kier molecular flexibility index (Phi) is 4.99. The second-order valence-electron chi connectivity index (χ2n) is 6.84. The summed E-state index contributed by atoms with van der Waals surface area (Å²) in [4.78, 5) is 21.4. The summed E-state index contributed by atoms with van der Waals surface area (Å²) < 4.78 is 6.92. The molecule has 27 heavy (non-hydrogen) atoms. The Morgan fingerprint density at radius 3 is 2.52 bits per heavy atom. The van der Waals surface area contributed by atoms with Gasteiger partial charge < -0.3 is 14.5 Å². The van der Waals surface area contributed by atoms with E-state index in [0.29, 0.717) is 13.1 Å². The number of fused-ring (bicyclic) bond motifs is 1. The highest BCUT2D eigenvalue weighted by Crippen LogP contribution is 2.31. The molecule has 0 saturated carbocycles. The van der Waals surface area contributed by atoms with Crippen molar-refractivity contribution in [3.8, 4) is 5.75 Å². The fourth-order valence-corrected chi connectivity index (χ4v) is 4.40. The Hall–Kier alpha value is -2.60. The number of hydrogen-bond acceptors (Lipinski definition) is 5. The van der Waals surface area contributed by atoms with E-state index in [4.69, 9.17) is 9.72 Å². The van der Waals surface area contributed by atoms with E-state index < -0.39 is 0 Å². The van der Waals surface area contributed by atoms with Gasteiger partial charge in [-0.05, 0) is 37.1 Å². The normalized spacial score (nSPS) is 14.6. The highest BCUT2D eigenvalue weighted by atomic mass is 32.1. The Labute approximate surface area is 163 Å². The molecule has 0 unspecified atom stereocenters. The fourth-order valence-electron chi connectivity index (χ4n) is 3.31. The molecular formula is C21H23N3O2S. The first-order valence-electron chi connectivity index (χ1n) is 9.19. The highest BCUT2D eigenvalue weighted by molar-refractivity contribution is 7.22. The number of carbonyl (C=O) groups is 1. The Morgan fingerprint density at radius 2 is 1.78 bits per heavy atom. The zero-order chi connectivity index (χ0) is 18.8. The fraction of sp³-hybridized carbons (Fsp3) is 0.333. The number of ether oxygens (including phenoxy) is 1. The van der Waals surface area contributed by atoms with Gasteiger partial charge in [0.15, 0.2) is 11.7 Å². The average molecular weight is 382 g/mol. The lowest BCUT2D eigenvalue weighted by Gasteiger charge is -2.34. The number of carbonyl (C=O) groups excluding carboxylic acids is 1. The summed E-state index contributed by atoms with van der Waals surface area (Å²) >= 11 is 1.72. The van der Waals surface area contributed by atoms with Crippen molar-refractivity contribution in [3.05, 3.63) is 53.6 Å². The molecule has 1 aliphatic heterocycles. The van der Waals surface area contributed by atoms with Crippen molar-refractivity contribution in [2.45, 2.75) is 13.8 Å². The molecule has 6 heteroatoms. The van der Waals surface area contributed by atoms with E-state index in [2.05, 4.69) is 30.0 Å². The zero-order valence-corrected chi connectivity index (χ0v) is 16.5. The van der Waals surface area contributed by atoms with Crippen molar-refractivity contribution >= 4 is 32.6 Å². The van der Waals surface area contributed by atoms with Crippen LogP contribution in [0.2, 0.25) is 0 Å². The van der Waals surface area contributed by atoms with E-state index in [1.807, 2.05) is 36.1 Å². The van der Waals surface area contributed by atoms with Crippen LogP contribution < -0.4 is 9.64 Å². The first kappa shape index (κ1) is 17.8. The summed E-state index contributed by atoms with van der Waals surface area (Å²) in [7, 11) is 0. The quantitative estimate of drug-likeness (QED) is 0.692. The van der Waals surface area contributed by atoms with Crippen LogP contribution >= 0.6 is 11.3 Å². The maximum absolute atomic E-state index is 12.5. The first-order chi connectivity index (χ1) is 13.1. The molecule has 5 nitrogen and oxygen atoms in total. The molecule has 140 valence electrons. The van der Waals surface area contributed by atoms with E-state index >= 15 is 0 Å². The van der Waals surface area contributed by atoms with Gasteiger partial charge in [-0.2, -0.15) is 0 Å². The van der Waals surface area contributed by atoms with Gasteiger partial charge in [-0.1, -0.05) is 41.7 Å². The van der Waals surface area contributed by atoms with Gasteiger partial charge >= 0.3 is 0 Å². The molecule has 1 aromatic heterocycles. The number of thiazole rings is 1. The molecule has 4 rings (SSSR count). The van der Waals surface area contributed by atoms with Crippen LogP contribution in [0.1, 0.15) is 11.1 Å². The predicted octanol–water partition coefficient (Wildman–Crippen LogP) is 3.64. The Bertz CT molecular complexity index is 961. The molecule has 1 amide bonds. The summed E-state index contributed by atoms with van der Waals surface area (Å²) in [5.41, 5.74) is 3.33. The number of piperazine rings is 1. The van der Waals surface area contributed by atoms with E-state index in [0.717, 1.165) is 35.1 Å². The van der Waals surface area contributed by atoms with E-state index in [1.165, 1.54) is 10.3 Å². The number of rotatable bonds is 4. The maximum atomic E-state index is 12.5. The topological polar surface area (TPSA) is 45.7 Å². The van der Waals surface area contributed by atoms with Crippen LogP contribution in [0.4, 0.5) is 5.13 Å². The maximum Gasteiger partial charge on any atom is 0.260 e. The van der Waals surface area contributed by atoms with Gasteiger partial charge in [0, 0.05) is 26.2 Å². The SMILES string of the molecule is Cc1ccccc1OCC(=O)N1CCN(c2nc3c(C)cccc3s2)CC1. The minimum absolute atomic E-state index is 0.0399. The van der Waals surface area contributed by atoms with Crippen LogP contribution in [0.3, 0.4) is 0 Å². The third-order valence-corrected chi connectivity index (χ3v) is 6.04. The average Bonchev–Trinajstić information content (AvgIpc) is 3.13. The number of hydrogen-bond donors (Lipinski definition) is 0. The van der Waals surface area contributed by atoms with Gasteiger partial charge in [0.05, 0.1) is 10.2 Å². The van der Waals surface area contributed by atoms with Gasteiger partial charge in [0.1, 0.15) is 5.75 Å². The van der Waals surface area contributed by atoms with Crippen LogP contribution in [-0.2, 0) is 4.79 Å². The van der Waals surface area contributed by atoms with Crippen molar-refractivity contribution in [1.29, 1.82) is 0 Å². The van der Waals surface area contributed by atoms with E-state index in [-0.39, 0.29) is 12.5 Å².